The minimum atomic E-state index is 0.501. The molecule has 21 heavy (non-hydrogen) atoms. The molecule has 106 valence electrons. The van der Waals surface area contributed by atoms with Gasteiger partial charge in [-0.1, -0.05) is 29.0 Å². The first-order chi connectivity index (χ1) is 10.1. The van der Waals surface area contributed by atoms with Crippen molar-refractivity contribution in [2.24, 2.45) is 0 Å². The molecule has 0 aliphatic heterocycles. The van der Waals surface area contributed by atoms with Crippen molar-refractivity contribution in [2.45, 2.75) is 6.92 Å². The largest absolute Gasteiger partial charge is 0.375 e. The Bertz CT molecular complexity index is 787. The van der Waals surface area contributed by atoms with Crippen molar-refractivity contribution in [3.05, 3.63) is 47.2 Å². The van der Waals surface area contributed by atoms with Crippen molar-refractivity contribution in [1.82, 2.24) is 15.0 Å². The number of nitrogens with one attached hydrogen (secondary N) is 1. The third kappa shape index (κ3) is 3.12. The summed E-state index contributed by atoms with van der Waals surface area (Å²) in [5, 5.41) is 4.32. The summed E-state index contributed by atoms with van der Waals surface area (Å²) in [5.41, 5.74) is 8.22. The van der Waals surface area contributed by atoms with E-state index in [9.17, 15) is 0 Å². The minimum absolute atomic E-state index is 0.501. The summed E-state index contributed by atoms with van der Waals surface area (Å²) in [5.74, 6) is 0.501. The van der Waals surface area contributed by atoms with Gasteiger partial charge in [-0.2, -0.15) is 0 Å². The van der Waals surface area contributed by atoms with Crippen LogP contribution < -0.4 is 11.1 Å². The van der Waals surface area contributed by atoms with Gasteiger partial charge >= 0.3 is 0 Å². The molecule has 0 spiro atoms. The molecule has 7 heteroatoms. The van der Waals surface area contributed by atoms with Gasteiger partial charge < -0.3 is 11.1 Å². The highest BCUT2D eigenvalue weighted by Crippen LogP contribution is 2.30. The number of aromatic nitrogens is 3. The van der Waals surface area contributed by atoms with Crippen LogP contribution in [-0.2, 0) is 0 Å². The quantitative estimate of drug-likeness (QED) is 0.766. The van der Waals surface area contributed by atoms with Crippen LogP contribution >= 0.6 is 22.9 Å². The highest BCUT2D eigenvalue weighted by molar-refractivity contribution is 7.18. The van der Waals surface area contributed by atoms with E-state index in [1.165, 1.54) is 11.3 Å². The third-order valence-corrected chi connectivity index (χ3v) is 4.03. The van der Waals surface area contributed by atoms with E-state index in [2.05, 4.69) is 20.3 Å². The standard InChI is InChI=1S/C14H12ClN5S/c1-8-12(21-13(16)18-8)11-5-6-17-14(20-11)19-10-4-2-3-9(15)7-10/h2-7H,1H3,(H2,16,18)(H,17,19,20). The summed E-state index contributed by atoms with van der Waals surface area (Å²) in [7, 11) is 0. The van der Waals surface area contributed by atoms with Crippen molar-refractivity contribution in [1.29, 1.82) is 0 Å². The van der Waals surface area contributed by atoms with Gasteiger partial charge in [-0.3, -0.25) is 0 Å². The van der Waals surface area contributed by atoms with E-state index in [4.69, 9.17) is 17.3 Å². The number of halogens is 1. The van der Waals surface area contributed by atoms with Gasteiger partial charge in [0.05, 0.1) is 16.3 Å². The molecular weight excluding hydrogens is 306 g/mol. The van der Waals surface area contributed by atoms with Crippen LogP contribution in [0.5, 0.6) is 0 Å². The maximum atomic E-state index is 5.96. The summed E-state index contributed by atoms with van der Waals surface area (Å²) in [6, 6.07) is 9.23. The molecule has 0 fully saturated rings. The van der Waals surface area contributed by atoms with Crippen LogP contribution in [0, 0.1) is 6.92 Å². The molecule has 0 radical (unpaired) electrons. The molecule has 0 bridgehead atoms. The van der Waals surface area contributed by atoms with E-state index >= 15 is 0 Å². The molecule has 2 aromatic heterocycles. The van der Waals surface area contributed by atoms with E-state index in [0.717, 1.165) is 22.0 Å². The van der Waals surface area contributed by atoms with Crippen molar-refractivity contribution < 1.29 is 0 Å². The molecule has 2 heterocycles. The maximum absolute atomic E-state index is 5.96. The van der Waals surface area contributed by atoms with Crippen LogP contribution in [0.4, 0.5) is 16.8 Å². The molecule has 0 saturated heterocycles. The molecule has 3 N–H and O–H groups in total. The van der Waals surface area contributed by atoms with Crippen LogP contribution in [0.2, 0.25) is 5.02 Å². The Morgan fingerprint density at radius 1 is 1.24 bits per heavy atom. The topological polar surface area (TPSA) is 76.7 Å². The summed E-state index contributed by atoms with van der Waals surface area (Å²) in [4.78, 5) is 13.9. The molecule has 3 aromatic rings. The Morgan fingerprint density at radius 2 is 2.10 bits per heavy atom. The summed E-state index contributed by atoms with van der Waals surface area (Å²) < 4.78 is 0. The lowest BCUT2D eigenvalue weighted by molar-refractivity contribution is 1.16. The molecule has 1 aromatic carbocycles. The molecule has 0 saturated carbocycles. The third-order valence-electron chi connectivity index (χ3n) is 2.78. The lowest BCUT2D eigenvalue weighted by atomic mass is 10.3. The fourth-order valence-electron chi connectivity index (χ4n) is 1.90. The number of thiazole rings is 1. The smallest absolute Gasteiger partial charge is 0.227 e. The van der Waals surface area contributed by atoms with Crippen LogP contribution in [0.15, 0.2) is 36.5 Å². The average molecular weight is 318 g/mol. The van der Waals surface area contributed by atoms with Gasteiger partial charge in [0.2, 0.25) is 5.95 Å². The number of nitrogens with two attached hydrogens (primary N) is 1. The van der Waals surface area contributed by atoms with Crippen molar-refractivity contribution in [2.75, 3.05) is 11.1 Å². The Morgan fingerprint density at radius 3 is 2.81 bits per heavy atom. The van der Waals surface area contributed by atoms with Crippen molar-refractivity contribution >= 4 is 39.7 Å². The molecule has 0 aliphatic rings. The van der Waals surface area contributed by atoms with Gasteiger partial charge in [0.25, 0.3) is 0 Å². The Hall–Kier alpha value is -2.18. The minimum Gasteiger partial charge on any atom is -0.375 e. The number of aryl methyl sites for hydroxylation is 1. The molecule has 0 atom stereocenters. The van der Waals surface area contributed by atoms with Gasteiger partial charge in [0, 0.05) is 16.9 Å². The molecule has 0 amide bonds. The zero-order chi connectivity index (χ0) is 14.8. The van der Waals surface area contributed by atoms with Crippen LogP contribution in [0.1, 0.15) is 5.69 Å². The maximum Gasteiger partial charge on any atom is 0.227 e. The second-order valence-electron chi connectivity index (χ2n) is 4.37. The summed E-state index contributed by atoms with van der Waals surface area (Å²) >= 11 is 7.37. The van der Waals surface area contributed by atoms with Gasteiger partial charge in [0.15, 0.2) is 5.13 Å². The molecule has 3 rings (SSSR count). The normalized spacial score (nSPS) is 10.6. The Kier molecular flexibility index (Phi) is 3.72. The number of hydrogen-bond acceptors (Lipinski definition) is 6. The van der Waals surface area contributed by atoms with Crippen LogP contribution in [-0.4, -0.2) is 15.0 Å². The number of rotatable bonds is 3. The van der Waals surface area contributed by atoms with Crippen LogP contribution in [0.25, 0.3) is 10.6 Å². The average Bonchev–Trinajstić information content (AvgIpc) is 2.78. The summed E-state index contributed by atoms with van der Waals surface area (Å²) in [6.45, 7) is 1.91. The first-order valence-corrected chi connectivity index (χ1v) is 7.40. The number of hydrogen-bond donors (Lipinski definition) is 2. The summed E-state index contributed by atoms with van der Waals surface area (Å²) in [6.07, 6.45) is 1.70. The highest BCUT2D eigenvalue weighted by atomic mass is 35.5. The predicted molar refractivity (Wildman–Crippen MR) is 87.0 cm³/mol. The van der Waals surface area contributed by atoms with E-state index < -0.39 is 0 Å². The molecule has 0 aliphatic carbocycles. The van der Waals surface area contributed by atoms with E-state index in [0.29, 0.717) is 16.1 Å². The van der Waals surface area contributed by atoms with Gasteiger partial charge in [-0.15, -0.1) is 0 Å². The zero-order valence-corrected chi connectivity index (χ0v) is 12.7. The van der Waals surface area contributed by atoms with Crippen LogP contribution in [0.3, 0.4) is 0 Å². The Labute approximate surface area is 130 Å². The molecular formula is C14H12ClN5S. The van der Waals surface area contributed by atoms with Crippen molar-refractivity contribution in [3.63, 3.8) is 0 Å². The monoisotopic (exact) mass is 317 g/mol. The van der Waals surface area contributed by atoms with Gasteiger partial charge in [0.1, 0.15) is 0 Å². The first-order valence-electron chi connectivity index (χ1n) is 6.21. The number of benzene rings is 1. The first kappa shape index (κ1) is 13.8. The van der Waals surface area contributed by atoms with E-state index in [1.807, 2.05) is 37.3 Å². The number of nitrogen functional groups attached to an aromatic ring is 1. The fraction of sp³-hybridized carbons (Fsp3) is 0.0714. The second kappa shape index (κ2) is 5.67. The van der Waals surface area contributed by atoms with Gasteiger partial charge in [-0.05, 0) is 31.2 Å². The lowest BCUT2D eigenvalue weighted by Crippen LogP contribution is -1.97. The lowest BCUT2D eigenvalue weighted by Gasteiger charge is -2.06. The number of nitrogens with zero attached hydrogens (tertiary/aromatic N) is 3. The Balaban J connectivity index is 1.92. The highest BCUT2D eigenvalue weighted by Gasteiger charge is 2.10. The fourth-order valence-corrected chi connectivity index (χ4v) is 2.89. The van der Waals surface area contributed by atoms with E-state index in [-0.39, 0.29) is 0 Å². The molecule has 0 unspecified atom stereocenters. The SMILES string of the molecule is Cc1nc(N)sc1-c1ccnc(Nc2cccc(Cl)c2)n1. The molecule has 5 nitrogen and oxygen atoms in total. The van der Waals surface area contributed by atoms with Crippen molar-refractivity contribution in [3.8, 4) is 10.6 Å². The predicted octanol–water partition coefficient (Wildman–Crippen LogP) is 3.89. The second-order valence-corrected chi connectivity index (χ2v) is 5.83. The number of anilines is 3. The van der Waals surface area contributed by atoms with E-state index in [1.54, 1.807) is 6.20 Å². The zero-order valence-electron chi connectivity index (χ0n) is 11.2. The van der Waals surface area contributed by atoms with Gasteiger partial charge in [-0.25, -0.2) is 15.0 Å².